The van der Waals surface area contributed by atoms with Gasteiger partial charge in [0.1, 0.15) is 0 Å². The molecule has 0 bridgehead atoms. The van der Waals surface area contributed by atoms with Crippen molar-refractivity contribution in [2.75, 3.05) is 0 Å². The molecule has 0 unspecified atom stereocenters. The quantitative estimate of drug-likeness (QED) is 0.135. The monoisotopic (exact) mass is 1160 g/mol. The van der Waals surface area contributed by atoms with Crippen LogP contribution in [0.3, 0.4) is 0 Å². The van der Waals surface area contributed by atoms with Crippen LogP contribution >= 0.6 is 0 Å². The highest BCUT2D eigenvalue weighted by atomic mass is 16.3. The lowest BCUT2D eigenvalue weighted by Crippen LogP contribution is -2.50. The Morgan fingerprint density at radius 1 is 0.452 bits per heavy atom. The fraction of sp³-hybridized carbons (Fsp3) is 0.877. The second-order valence-corrected chi connectivity index (χ2v) is 35.2. The Bertz CT molecular complexity index is 2190. The summed E-state index contributed by atoms with van der Waals surface area (Å²) in [5.41, 5.74) is 9.92. The first kappa shape index (κ1) is 67.0. The van der Waals surface area contributed by atoms with Gasteiger partial charge >= 0.3 is 0 Å². The van der Waals surface area contributed by atoms with Gasteiger partial charge in [-0.2, -0.15) is 0 Å². The van der Waals surface area contributed by atoms with Gasteiger partial charge < -0.3 is 15.3 Å². The molecule has 11 aliphatic carbocycles. The molecule has 0 aliphatic heterocycles. The fourth-order valence-corrected chi connectivity index (χ4v) is 24.0. The molecule has 84 heavy (non-hydrogen) atoms. The van der Waals surface area contributed by atoms with Gasteiger partial charge in [-0.3, -0.25) is 0 Å². The molecular formula is C81H136O3. The largest absolute Gasteiger partial charge is 0.393 e. The molecule has 0 aromatic rings. The van der Waals surface area contributed by atoms with Crippen molar-refractivity contribution < 1.29 is 15.3 Å². The number of aliphatic hydroxyl groups excluding tert-OH is 3. The minimum atomic E-state index is -0.172. The van der Waals surface area contributed by atoms with E-state index in [0.717, 1.165) is 140 Å². The highest BCUT2D eigenvalue weighted by molar-refractivity contribution is 5.36. The van der Waals surface area contributed by atoms with Gasteiger partial charge in [0.25, 0.3) is 0 Å². The molecule has 11 aliphatic rings. The van der Waals surface area contributed by atoms with Gasteiger partial charge in [-0.05, 0) is 281 Å². The van der Waals surface area contributed by atoms with Crippen LogP contribution in [0.1, 0.15) is 309 Å². The van der Waals surface area contributed by atoms with Crippen molar-refractivity contribution in [3.05, 3.63) is 58.7 Å². The Kier molecular flexibility index (Phi) is 22.3. The lowest BCUT2D eigenvalue weighted by molar-refractivity contribution is -0.0573. The van der Waals surface area contributed by atoms with Gasteiger partial charge in [0, 0.05) is 0 Å². The summed E-state index contributed by atoms with van der Waals surface area (Å²) in [6, 6.07) is 0. The minimum absolute atomic E-state index is 0.0766. The summed E-state index contributed by atoms with van der Waals surface area (Å²) in [4.78, 5) is 0. The van der Waals surface area contributed by atoms with Gasteiger partial charge in [0.15, 0.2) is 0 Å². The normalized spacial score (nSPS) is 43.6. The molecule has 9 saturated carbocycles. The summed E-state index contributed by atoms with van der Waals surface area (Å²) < 4.78 is 0. The summed E-state index contributed by atoms with van der Waals surface area (Å²) in [7, 11) is 0. The van der Waals surface area contributed by atoms with E-state index in [4.69, 9.17) is 0 Å². The number of hydrogen-bond acceptors (Lipinski definition) is 3. The highest BCUT2D eigenvalue weighted by Crippen LogP contribution is 2.69. The number of rotatable bonds is 16. The van der Waals surface area contributed by atoms with Gasteiger partial charge in [0.05, 0.1) is 18.3 Å². The first-order chi connectivity index (χ1) is 39.8. The second kappa shape index (κ2) is 28.0. The summed E-state index contributed by atoms with van der Waals surface area (Å²) in [6.07, 6.45) is 52.5. The maximum atomic E-state index is 10.2. The minimum Gasteiger partial charge on any atom is -0.393 e. The van der Waals surface area contributed by atoms with Crippen LogP contribution in [-0.4, -0.2) is 33.6 Å². The fourth-order valence-electron chi connectivity index (χ4n) is 24.0. The van der Waals surface area contributed by atoms with Crippen molar-refractivity contribution in [1.29, 1.82) is 0 Å². The molecule has 0 spiro atoms. The molecule has 0 heterocycles. The highest BCUT2D eigenvalue weighted by Gasteiger charge is 2.61. The van der Waals surface area contributed by atoms with Crippen LogP contribution in [0, 0.1) is 122 Å². The van der Waals surface area contributed by atoms with E-state index in [9.17, 15) is 15.3 Å². The molecule has 21 atom stereocenters. The Morgan fingerprint density at radius 3 is 1.33 bits per heavy atom. The molecule has 3 N–H and O–H groups in total. The standard InChI is InChI=1S/2C27H46O.C27H44O/c2*1-18(2)7-6-8-19(3)23-11-12-24-22-10-9-20-17-21(28)13-15-26(20,4)25(22)14-16-27(23,24)5;1-19(2)8-6-9-21(4)25-15-16-26-22(10-7-17-27(25,26)5)12-13-23-18-24(28)14-11-20(23)3/h2*9,18-19,21-25,28H,6-8,10-17H2,1-5H3;12-13,19,21,24-26,28H,3,6-11,14-18H2,1-2,4-5H3/b;;22-12+,23-13-/t2*19-,21-,22+,23-,24+,25+,26+,27-;21-,24+,25-,26+,27-/m111/s1. The molecule has 0 aromatic heterocycles. The zero-order valence-electron chi connectivity index (χ0n) is 57.7. The first-order valence-electron chi connectivity index (χ1n) is 37.3. The molecule has 3 heteroatoms. The van der Waals surface area contributed by atoms with Gasteiger partial charge in [0.2, 0.25) is 0 Å². The Balaban J connectivity index is 0.000000151. The molecule has 9 fully saturated rings. The summed E-state index contributed by atoms with van der Waals surface area (Å²) in [5.74, 6) is 14.3. The van der Waals surface area contributed by atoms with Crippen molar-refractivity contribution in [2.24, 2.45) is 122 Å². The number of aliphatic hydroxyl groups is 3. The third-order valence-electron chi connectivity index (χ3n) is 28.9. The summed E-state index contributed by atoms with van der Waals surface area (Å²) in [6.45, 7) is 39.2. The van der Waals surface area contributed by atoms with Gasteiger partial charge in [-0.1, -0.05) is 208 Å². The zero-order chi connectivity index (χ0) is 60.5. The van der Waals surface area contributed by atoms with E-state index in [1.165, 1.54) is 178 Å². The van der Waals surface area contributed by atoms with Crippen LogP contribution in [0.5, 0.6) is 0 Å². The number of allylic oxidation sites excluding steroid dienone is 6. The second-order valence-electron chi connectivity index (χ2n) is 35.2. The molecule has 0 radical (unpaired) electrons. The smallest absolute Gasteiger partial charge is 0.0583 e. The van der Waals surface area contributed by atoms with E-state index in [-0.39, 0.29) is 18.3 Å². The van der Waals surface area contributed by atoms with Crippen LogP contribution in [0.15, 0.2) is 58.7 Å². The van der Waals surface area contributed by atoms with Gasteiger partial charge in [-0.25, -0.2) is 0 Å². The molecule has 0 saturated heterocycles. The third kappa shape index (κ3) is 14.1. The number of fused-ring (bicyclic) bond motifs is 11. The van der Waals surface area contributed by atoms with Crippen molar-refractivity contribution in [1.82, 2.24) is 0 Å². The van der Waals surface area contributed by atoms with Crippen LogP contribution in [0.2, 0.25) is 0 Å². The lowest BCUT2D eigenvalue weighted by Gasteiger charge is -2.58. The van der Waals surface area contributed by atoms with Crippen LogP contribution in [-0.2, 0) is 0 Å². The molecule has 11 rings (SSSR count). The van der Waals surface area contributed by atoms with Gasteiger partial charge in [-0.15, -0.1) is 0 Å². The number of hydrogen-bond donors (Lipinski definition) is 3. The van der Waals surface area contributed by atoms with E-state index in [1.54, 1.807) is 16.7 Å². The molecule has 3 nitrogen and oxygen atoms in total. The maximum Gasteiger partial charge on any atom is 0.0583 e. The van der Waals surface area contributed by atoms with Crippen LogP contribution < -0.4 is 0 Å². The SMILES string of the molecule is C=C1CC[C@H](O)C/C1=C/C=C1\CCC[C@]2(C)[C@@H]([C@H](C)CCCC(C)C)CC[C@@H]12.CC(C)CCC[C@@H](C)[C@H]1CC[C@H]2[C@@H]3CC=C4C[C@H](O)CC[C@]4(C)[C@H]3CC[C@]12C.CC(C)CCC[C@@H](C)[C@H]1CC[C@H]2[C@@H]3CC=C4C[C@H](O)CC[C@]4(C)[C@H]3CC[C@]12C. The molecule has 478 valence electrons. The van der Waals surface area contributed by atoms with Crippen LogP contribution in [0.25, 0.3) is 0 Å². The maximum absolute atomic E-state index is 10.2. The summed E-state index contributed by atoms with van der Waals surface area (Å²) >= 11 is 0. The van der Waals surface area contributed by atoms with E-state index >= 15 is 0 Å². The zero-order valence-corrected chi connectivity index (χ0v) is 57.7. The van der Waals surface area contributed by atoms with E-state index in [1.807, 2.05) is 0 Å². The summed E-state index contributed by atoms with van der Waals surface area (Å²) in [5, 5.41) is 30.4. The Morgan fingerprint density at radius 2 is 0.881 bits per heavy atom. The van der Waals surface area contributed by atoms with E-state index in [0.29, 0.717) is 27.1 Å². The lowest BCUT2D eigenvalue weighted by atomic mass is 9.47. The average molecular weight is 1160 g/mol. The molecule has 0 aromatic carbocycles. The van der Waals surface area contributed by atoms with Crippen LogP contribution in [0.4, 0.5) is 0 Å². The molecule has 0 amide bonds. The van der Waals surface area contributed by atoms with E-state index in [2.05, 4.69) is 128 Å². The Hall–Kier alpha value is -1.42. The molecular weight excluding hydrogens is 1020 g/mol. The topological polar surface area (TPSA) is 60.7 Å². The van der Waals surface area contributed by atoms with Crippen molar-refractivity contribution in [3.8, 4) is 0 Å². The first-order valence-corrected chi connectivity index (χ1v) is 37.3. The van der Waals surface area contributed by atoms with Crippen molar-refractivity contribution in [3.63, 3.8) is 0 Å². The van der Waals surface area contributed by atoms with Crippen molar-refractivity contribution >= 4 is 0 Å². The van der Waals surface area contributed by atoms with Crippen molar-refractivity contribution in [2.45, 2.75) is 327 Å². The predicted molar refractivity (Wildman–Crippen MR) is 359 cm³/mol. The predicted octanol–water partition coefficient (Wildman–Crippen LogP) is 22.4. The average Bonchev–Trinajstić information content (AvgIpc) is 1.36. The third-order valence-corrected chi connectivity index (χ3v) is 28.9. The van der Waals surface area contributed by atoms with E-state index < -0.39 is 0 Å². The Labute approximate surface area is 520 Å².